The molecule has 5 heteroatoms. The first-order valence-electron chi connectivity index (χ1n) is 10.1. The Labute approximate surface area is 153 Å². The number of unbranched alkanes of at least 4 members (excludes halogenated alkanes) is 4. The van der Waals surface area contributed by atoms with Crippen LogP contribution in [0.15, 0.2) is 0 Å². The van der Waals surface area contributed by atoms with Gasteiger partial charge in [0.15, 0.2) is 0 Å². The fraction of sp³-hybridized carbons (Fsp3) is 0.900. The molecule has 0 saturated heterocycles. The molecule has 0 aromatic heterocycles. The molecule has 148 valence electrons. The second kappa shape index (κ2) is 13.2. The summed E-state index contributed by atoms with van der Waals surface area (Å²) in [6.07, 6.45) is 7.78. The molecule has 0 heterocycles. The summed E-state index contributed by atoms with van der Waals surface area (Å²) in [5.41, 5.74) is -1.29. The zero-order valence-corrected chi connectivity index (χ0v) is 16.7. The topological polar surface area (TPSA) is 77.8 Å². The van der Waals surface area contributed by atoms with Gasteiger partial charge in [-0.3, -0.25) is 14.5 Å². The largest absolute Gasteiger partial charge is 0.481 e. The van der Waals surface area contributed by atoms with Gasteiger partial charge < -0.3 is 10.2 Å². The minimum Gasteiger partial charge on any atom is -0.481 e. The van der Waals surface area contributed by atoms with Gasteiger partial charge in [-0.25, -0.2) is 0 Å². The van der Waals surface area contributed by atoms with E-state index in [1.165, 1.54) is 0 Å². The maximum Gasteiger partial charge on any atom is 0.325 e. The molecule has 0 aliphatic carbocycles. The molecule has 5 nitrogen and oxygen atoms in total. The summed E-state index contributed by atoms with van der Waals surface area (Å²) in [4.78, 5) is 26.6. The summed E-state index contributed by atoms with van der Waals surface area (Å²) >= 11 is 0. The fourth-order valence-electron chi connectivity index (χ4n) is 3.57. The van der Waals surface area contributed by atoms with Gasteiger partial charge >= 0.3 is 11.9 Å². The molecule has 0 rings (SSSR count). The van der Waals surface area contributed by atoms with Crippen LogP contribution in [0.3, 0.4) is 0 Å². The molecule has 1 unspecified atom stereocenters. The molecule has 0 spiro atoms. The Morgan fingerprint density at radius 3 is 1.68 bits per heavy atom. The first kappa shape index (κ1) is 23.9. The summed E-state index contributed by atoms with van der Waals surface area (Å²) in [6, 6.07) is 0. The van der Waals surface area contributed by atoms with Gasteiger partial charge in [-0.15, -0.1) is 0 Å². The molecule has 0 aromatic carbocycles. The summed E-state index contributed by atoms with van der Waals surface area (Å²) in [5, 5.41) is 20.1. The standard InChI is InChI=1S/C20H39NO4/c1-5-9-13-17(18(22)23)20(19(24)25,14-10-6-2)21(15-11-7-3)16-12-8-4/h17H,5-16H2,1-4H3,(H,22,23)(H,24,25)/t17?,20-/m0/s1. The third-order valence-corrected chi connectivity index (χ3v) is 5.13. The zero-order valence-electron chi connectivity index (χ0n) is 16.7. The predicted molar refractivity (Wildman–Crippen MR) is 102 cm³/mol. The van der Waals surface area contributed by atoms with Crippen LogP contribution in [0.25, 0.3) is 0 Å². The third-order valence-electron chi connectivity index (χ3n) is 5.13. The quantitative estimate of drug-likeness (QED) is 0.415. The molecule has 0 aromatic rings. The number of carboxylic acids is 2. The van der Waals surface area contributed by atoms with Crippen molar-refractivity contribution in [2.75, 3.05) is 13.1 Å². The molecule has 25 heavy (non-hydrogen) atoms. The molecular weight excluding hydrogens is 318 g/mol. The highest BCUT2D eigenvalue weighted by molar-refractivity contribution is 5.87. The van der Waals surface area contributed by atoms with Gasteiger partial charge in [0.05, 0.1) is 5.92 Å². The lowest BCUT2D eigenvalue weighted by Crippen LogP contribution is -2.62. The van der Waals surface area contributed by atoms with E-state index in [0.29, 0.717) is 25.9 Å². The molecule has 0 amide bonds. The predicted octanol–water partition coefficient (Wildman–Crippen LogP) is 4.79. The van der Waals surface area contributed by atoms with E-state index in [4.69, 9.17) is 0 Å². The smallest absolute Gasteiger partial charge is 0.325 e. The van der Waals surface area contributed by atoms with Crippen LogP contribution < -0.4 is 0 Å². The molecule has 0 aliphatic heterocycles. The van der Waals surface area contributed by atoms with Crippen LogP contribution in [-0.2, 0) is 9.59 Å². The lowest BCUT2D eigenvalue weighted by Gasteiger charge is -2.45. The number of hydrogen-bond acceptors (Lipinski definition) is 3. The highest BCUT2D eigenvalue weighted by atomic mass is 16.4. The summed E-state index contributed by atoms with van der Waals surface area (Å²) in [6.45, 7) is 9.51. The number of nitrogens with zero attached hydrogens (tertiary/aromatic N) is 1. The maximum absolute atomic E-state index is 12.5. The van der Waals surface area contributed by atoms with Gasteiger partial charge in [-0.05, 0) is 38.8 Å². The summed E-state index contributed by atoms with van der Waals surface area (Å²) in [5.74, 6) is -2.79. The Hall–Kier alpha value is -1.10. The Morgan fingerprint density at radius 1 is 0.840 bits per heavy atom. The molecule has 0 bridgehead atoms. The summed E-state index contributed by atoms with van der Waals surface area (Å²) in [7, 11) is 0. The maximum atomic E-state index is 12.5. The normalized spacial score (nSPS) is 15.1. The van der Waals surface area contributed by atoms with Gasteiger partial charge in [-0.1, -0.05) is 66.2 Å². The fourth-order valence-corrected chi connectivity index (χ4v) is 3.57. The third kappa shape index (κ3) is 6.96. The Kier molecular flexibility index (Phi) is 12.6. The van der Waals surface area contributed by atoms with Crippen LogP contribution in [-0.4, -0.2) is 45.7 Å². The van der Waals surface area contributed by atoms with Crippen molar-refractivity contribution in [3.63, 3.8) is 0 Å². The average Bonchev–Trinajstić information content (AvgIpc) is 2.58. The van der Waals surface area contributed by atoms with Crippen LogP contribution in [0.1, 0.15) is 91.9 Å². The van der Waals surface area contributed by atoms with Crippen molar-refractivity contribution in [2.45, 2.75) is 97.4 Å². The molecule has 0 radical (unpaired) electrons. The molecule has 2 N–H and O–H groups in total. The lowest BCUT2D eigenvalue weighted by molar-refractivity contribution is -0.168. The van der Waals surface area contributed by atoms with E-state index in [9.17, 15) is 19.8 Å². The van der Waals surface area contributed by atoms with Crippen molar-refractivity contribution < 1.29 is 19.8 Å². The Balaban J connectivity index is 5.97. The van der Waals surface area contributed by atoms with E-state index in [1.54, 1.807) is 0 Å². The number of aliphatic carboxylic acids is 2. The van der Waals surface area contributed by atoms with Crippen LogP contribution in [0.5, 0.6) is 0 Å². The minimum absolute atomic E-state index is 0.410. The second-order valence-corrected chi connectivity index (χ2v) is 7.06. The van der Waals surface area contributed by atoms with Gasteiger partial charge in [0.25, 0.3) is 0 Å². The van der Waals surface area contributed by atoms with Crippen molar-refractivity contribution in [3.05, 3.63) is 0 Å². The van der Waals surface area contributed by atoms with Crippen LogP contribution in [0.2, 0.25) is 0 Å². The van der Waals surface area contributed by atoms with Gasteiger partial charge in [0, 0.05) is 0 Å². The van der Waals surface area contributed by atoms with Gasteiger partial charge in [0.2, 0.25) is 0 Å². The Morgan fingerprint density at radius 2 is 1.32 bits per heavy atom. The van der Waals surface area contributed by atoms with E-state index in [-0.39, 0.29) is 0 Å². The van der Waals surface area contributed by atoms with Crippen molar-refractivity contribution >= 4 is 11.9 Å². The van der Waals surface area contributed by atoms with Crippen molar-refractivity contribution in [1.29, 1.82) is 0 Å². The van der Waals surface area contributed by atoms with E-state index < -0.39 is 23.4 Å². The van der Waals surface area contributed by atoms with Gasteiger partial charge in [-0.2, -0.15) is 0 Å². The highest BCUT2D eigenvalue weighted by Gasteiger charge is 2.52. The van der Waals surface area contributed by atoms with E-state index in [2.05, 4.69) is 13.8 Å². The SMILES string of the molecule is CCCCC(C(=O)O)[C@@](CCCC)(C(=O)O)N(CCCC)CCCC. The molecule has 0 fully saturated rings. The van der Waals surface area contributed by atoms with Crippen molar-refractivity contribution in [3.8, 4) is 0 Å². The van der Waals surface area contributed by atoms with E-state index in [1.807, 2.05) is 18.7 Å². The second-order valence-electron chi connectivity index (χ2n) is 7.06. The number of hydrogen-bond donors (Lipinski definition) is 2. The number of carbonyl (C=O) groups is 2. The first-order valence-corrected chi connectivity index (χ1v) is 10.1. The molecular formula is C20H39NO4. The number of carboxylic acid groups (broad SMARTS) is 2. The van der Waals surface area contributed by atoms with E-state index >= 15 is 0 Å². The molecule has 2 atom stereocenters. The molecule has 0 saturated carbocycles. The summed E-state index contributed by atoms with van der Waals surface area (Å²) < 4.78 is 0. The minimum atomic E-state index is -1.29. The van der Waals surface area contributed by atoms with Crippen LogP contribution >= 0.6 is 0 Å². The van der Waals surface area contributed by atoms with E-state index in [0.717, 1.165) is 51.4 Å². The van der Waals surface area contributed by atoms with Crippen LogP contribution in [0.4, 0.5) is 0 Å². The van der Waals surface area contributed by atoms with Crippen LogP contribution in [0, 0.1) is 5.92 Å². The lowest BCUT2D eigenvalue weighted by atomic mass is 9.75. The molecule has 0 aliphatic rings. The highest BCUT2D eigenvalue weighted by Crippen LogP contribution is 2.36. The Bertz CT molecular complexity index is 378. The zero-order chi connectivity index (χ0) is 19.3. The first-order chi connectivity index (χ1) is 11.9. The average molecular weight is 358 g/mol. The van der Waals surface area contributed by atoms with Crippen molar-refractivity contribution in [2.24, 2.45) is 5.92 Å². The van der Waals surface area contributed by atoms with Gasteiger partial charge in [0.1, 0.15) is 5.54 Å². The van der Waals surface area contributed by atoms with Crippen molar-refractivity contribution in [1.82, 2.24) is 4.90 Å². The monoisotopic (exact) mass is 357 g/mol. The number of rotatable bonds is 16.